The van der Waals surface area contributed by atoms with E-state index in [4.69, 9.17) is 25.8 Å². The molecule has 0 N–H and O–H groups in total. The highest BCUT2D eigenvalue weighted by atomic mass is 35.5. The molecule has 0 fully saturated rings. The Kier molecular flexibility index (Phi) is 6.60. The van der Waals surface area contributed by atoms with Gasteiger partial charge in [0.25, 0.3) is 0 Å². The van der Waals surface area contributed by atoms with Crippen LogP contribution in [0.1, 0.15) is 27.6 Å². The van der Waals surface area contributed by atoms with E-state index in [0.717, 1.165) is 0 Å². The molecule has 0 aromatic heterocycles. The summed E-state index contributed by atoms with van der Waals surface area (Å²) in [6.45, 7) is 5.71. The maximum atomic E-state index is 12.2. The van der Waals surface area contributed by atoms with E-state index in [-0.39, 0.29) is 23.7 Å². The summed E-state index contributed by atoms with van der Waals surface area (Å²) in [6.07, 6.45) is 1.47. The van der Waals surface area contributed by atoms with Gasteiger partial charge in [-0.1, -0.05) is 30.3 Å². The molecular formula is C19H17ClO5. The second kappa shape index (κ2) is 8.89. The van der Waals surface area contributed by atoms with Crippen LogP contribution in [0, 0.1) is 0 Å². The highest BCUT2D eigenvalue weighted by Crippen LogP contribution is 2.30. The van der Waals surface area contributed by atoms with Gasteiger partial charge in [0.2, 0.25) is 0 Å². The molecule has 0 atom stereocenters. The van der Waals surface area contributed by atoms with Crippen molar-refractivity contribution in [3.05, 3.63) is 71.3 Å². The van der Waals surface area contributed by atoms with E-state index >= 15 is 0 Å². The van der Waals surface area contributed by atoms with Crippen LogP contribution in [0.2, 0.25) is 5.02 Å². The average molecular weight is 361 g/mol. The minimum absolute atomic E-state index is 0.105. The maximum absolute atomic E-state index is 12.2. The fourth-order valence-electron chi connectivity index (χ4n) is 1.98. The lowest BCUT2D eigenvalue weighted by Gasteiger charge is -2.12. The molecule has 0 aliphatic heterocycles. The van der Waals surface area contributed by atoms with Gasteiger partial charge in [-0.2, -0.15) is 0 Å². The molecule has 0 aliphatic carbocycles. The molecular weight excluding hydrogens is 344 g/mol. The molecule has 0 saturated heterocycles. The van der Waals surface area contributed by atoms with Crippen LogP contribution in [-0.2, 0) is 4.74 Å². The average Bonchev–Trinajstić information content (AvgIpc) is 2.61. The van der Waals surface area contributed by atoms with Gasteiger partial charge in [0.1, 0.15) is 6.61 Å². The van der Waals surface area contributed by atoms with E-state index < -0.39 is 11.9 Å². The monoisotopic (exact) mass is 360 g/mol. The highest BCUT2D eigenvalue weighted by Gasteiger charge is 2.16. The Morgan fingerprint density at radius 2 is 1.84 bits per heavy atom. The SMILES string of the molecule is C=CCOC(=O)c1ccc(OC(=O)c2cccc(Cl)c2)c(OCC)c1. The molecule has 0 spiro atoms. The number of hydrogen-bond donors (Lipinski definition) is 0. The molecule has 130 valence electrons. The first kappa shape index (κ1) is 18.5. The summed E-state index contributed by atoms with van der Waals surface area (Å²) in [7, 11) is 0. The second-order valence-electron chi connectivity index (χ2n) is 4.88. The smallest absolute Gasteiger partial charge is 0.343 e. The molecule has 25 heavy (non-hydrogen) atoms. The summed E-state index contributed by atoms with van der Waals surface area (Å²) in [4.78, 5) is 24.1. The molecule has 0 bridgehead atoms. The van der Waals surface area contributed by atoms with Crippen molar-refractivity contribution in [2.75, 3.05) is 13.2 Å². The van der Waals surface area contributed by atoms with Crippen molar-refractivity contribution in [2.24, 2.45) is 0 Å². The van der Waals surface area contributed by atoms with Gasteiger partial charge in [-0.25, -0.2) is 9.59 Å². The molecule has 2 aromatic rings. The Bertz CT molecular complexity index is 785. The highest BCUT2D eigenvalue weighted by molar-refractivity contribution is 6.30. The lowest BCUT2D eigenvalue weighted by atomic mass is 10.2. The summed E-state index contributed by atoms with van der Waals surface area (Å²) in [5.41, 5.74) is 0.595. The van der Waals surface area contributed by atoms with Gasteiger partial charge in [-0.3, -0.25) is 0 Å². The Labute approximate surface area is 150 Å². The normalized spacial score (nSPS) is 10.0. The lowest BCUT2D eigenvalue weighted by molar-refractivity contribution is 0.0549. The van der Waals surface area contributed by atoms with E-state index in [2.05, 4.69) is 6.58 Å². The van der Waals surface area contributed by atoms with Gasteiger partial charge in [0.05, 0.1) is 17.7 Å². The first-order valence-corrected chi connectivity index (χ1v) is 7.95. The van der Waals surface area contributed by atoms with E-state index in [0.29, 0.717) is 17.2 Å². The van der Waals surface area contributed by atoms with Gasteiger partial charge >= 0.3 is 11.9 Å². The third kappa shape index (κ3) is 5.09. The number of carbonyl (C=O) groups is 2. The first-order chi connectivity index (χ1) is 12.0. The molecule has 0 radical (unpaired) electrons. The van der Waals surface area contributed by atoms with E-state index in [1.165, 1.54) is 30.3 Å². The van der Waals surface area contributed by atoms with Crippen molar-refractivity contribution in [3.63, 3.8) is 0 Å². The molecule has 0 heterocycles. The van der Waals surface area contributed by atoms with Crippen molar-refractivity contribution in [1.82, 2.24) is 0 Å². The van der Waals surface area contributed by atoms with Gasteiger partial charge in [0.15, 0.2) is 11.5 Å². The predicted octanol–water partition coefficient (Wildman–Crippen LogP) is 4.30. The van der Waals surface area contributed by atoms with E-state index in [9.17, 15) is 9.59 Å². The van der Waals surface area contributed by atoms with Crippen LogP contribution >= 0.6 is 11.6 Å². The summed E-state index contributed by atoms with van der Waals surface area (Å²) < 4.78 is 15.8. The number of ether oxygens (including phenoxy) is 3. The molecule has 2 aromatic carbocycles. The molecule has 2 rings (SSSR count). The van der Waals surface area contributed by atoms with Crippen LogP contribution in [0.25, 0.3) is 0 Å². The fraction of sp³-hybridized carbons (Fsp3) is 0.158. The fourth-order valence-corrected chi connectivity index (χ4v) is 2.17. The van der Waals surface area contributed by atoms with E-state index in [1.54, 1.807) is 25.1 Å². The summed E-state index contributed by atoms with van der Waals surface area (Å²) in [5, 5.41) is 0.430. The molecule has 6 heteroatoms. The van der Waals surface area contributed by atoms with Crippen LogP contribution in [0.3, 0.4) is 0 Å². The zero-order valence-electron chi connectivity index (χ0n) is 13.7. The number of halogens is 1. The Balaban J connectivity index is 2.23. The summed E-state index contributed by atoms with van der Waals surface area (Å²) in [6, 6.07) is 10.9. The van der Waals surface area contributed by atoms with Gasteiger partial charge in [-0.05, 0) is 43.3 Å². The Morgan fingerprint density at radius 3 is 2.52 bits per heavy atom. The van der Waals surface area contributed by atoms with Gasteiger partial charge < -0.3 is 14.2 Å². The zero-order valence-corrected chi connectivity index (χ0v) is 14.4. The third-order valence-electron chi connectivity index (χ3n) is 3.07. The molecule has 5 nitrogen and oxygen atoms in total. The Hall–Kier alpha value is -2.79. The zero-order chi connectivity index (χ0) is 18.2. The summed E-state index contributed by atoms with van der Waals surface area (Å²) >= 11 is 5.88. The summed E-state index contributed by atoms with van der Waals surface area (Å²) in [5.74, 6) is -0.628. The quantitative estimate of drug-likeness (QED) is 0.418. The van der Waals surface area contributed by atoms with Gasteiger partial charge in [-0.15, -0.1) is 0 Å². The van der Waals surface area contributed by atoms with Crippen molar-refractivity contribution < 1.29 is 23.8 Å². The van der Waals surface area contributed by atoms with Gasteiger partial charge in [0, 0.05) is 5.02 Å². The standard InChI is InChI=1S/C19H17ClO5/c1-3-10-24-18(21)14-8-9-16(17(12-14)23-4-2)25-19(22)13-6-5-7-15(20)11-13/h3,5-9,11-12H,1,4,10H2,2H3. The van der Waals surface area contributed by atoms with Crippen molar-refractivity contribution in [3.8, 4) is 11.5 Å². The second-order valence-corrected chi connectivity index (χ2v) is 5.32. The number of rotatable bonds is 7. The largest absolute Gasteiger partial charge is 0.490 e. The number of carbonyl (C=O) groups excluding carboxylic acids is 2. The molecule has 0 unspecified atom stereocenters. The molecule has 0 saturated carbocycles. The van der Waals surface area contributed by atoms with Crippen LogP contribution in [0.5, 0.6) is 11.5 Å². The van der Waals surface area contributed by atoms with Crippen molar-refractivity contribution in [2.45, 2.75) is 6.92 Å². The minimum Gasteiger partial charge on any atom is -0.490 e. The minimum atomic E-state index is -0.578. The first-order valence-electron chi connectivity index (χ1n) is 7.57. The van der Waals surface area contributed by atoms with Crippen LogP contribution in [-0.4, -0.2) is 25.2 Å². The van der Waals surface area contributed by atoms with Crippen LogP contribution in [0.4, 0.5) is 0 Å². The van der Waals surface area contributed by atoms with Crippen LogP contribution < -0.4 is 9.47 Å². The van der Waals surface area contributed by atoms with Crippen molar-refractivity contribution in [1.29, 1.82) is 0 Å². The maximum Gasteiger partial charge on any atom is 0.343 e. The number of hydrogen-bond acceptors (Lipinski definition) is 5. The molecule has 0 amide bonds. The number of benzene rings is 2. The lowest BCUT2D eigenvalue weighted by Crippen LogP contribution is -2.11. The molecule has 0 aliphatic rings. The topological polar surface area (TPSA) is 61.8 Å². The Morgan fingerprint density at radius 1 is 1.08 bits per heavy atom. The van der Waals surface area contributed by atoms with Crippen LogP contribution in [0.15, 0.2) is 55.1 Å². The van der Waals surface area contributed by atoms with E-state index in [1.807, 2.05) is 0 Å². The van der Waals surface area contributed by atoms with Crippen molar-refractivity contribution >= 4 is 23.5 Å². The number of esters is 2. The predicted molar refractivity (Wildman–Crippen MR) is 94.5 cm³/mol. The third-order valence-corrected chi connectivity index (χ3v) is 3.31.